The molecule has 0 aliphatic carbocycles. The lowest BCUT2D eigenvalue weighted by Crippen LogP contribution is -2.21. The van der Waals surface area contributed by atoms with Crippen molar-refractivity contribution < 1.29 is 4.74 Å². The van der Waals surface area contributed by atoms with E-state index in [9.17, 15) is 0 Å². The third-order valence-corrected chi connectivity index (χ3v) is 4.26. The number of anilines is 1. The average molecular weight is 372 g/mol. The number of rotatable bonds is 6. The molecule has 1 fully saturated rings. The lowest BCUT2D eigenvalue weighted by molar-refractivity contribution is 0.275. The number of hydrogen-bond acceptors (Lipinski definition) is 7. The summed E-state index contributed by atoms with van der Waals surface area (Å²) in [6, 6.07) is 10.3. The van der Waals surface area contributed by atoms with Crippen LogP contribution in [0.3, 0.4) is 0 Å². The Morgan fingerprint density at radius 2 is 1.85 bits per heavy atom. The van der Waals surface area contributed by atoms with E-state index >= 15 is 0 Å². The van der Waals surface area contributed by atoms with Crippen molar-refractivity contribution in [1.29, 1.82) is 0 Å². The van der Waals surface area contributed by atoms with Crippen molar-refractivity contribution in [3.05, 3.63) is 53.1 Å². The molecular weight excluding hydrogens is 354 g/mol. The van der Waals surface area contributed by atoms with Crippen LogP contribution in [0.1, 0.15) is 24.1 Å². The van der Waals surface area contributed by atoms with E-state index in [-0.39, 0.29) is 17.9 Å². The van der Waals surface area contributed by atoms with Crippen LogP contribution in [-0.4, -0.2) is 43.0 Å². The first-order valence-corrected chi connectivity index (χ1v) is 8.86. The van der Waals surface area contributed by atoms with Crippen molar-refractivity contribution in [1.82, 2.24) is 29.9 Å². The largest absolute Gasteiger partial charge is 0.457 e. The van der Waals surface area contributed by atoms with Crippen molar-refractivity contribution in [2.45, 2.75) is 26.0 Å². The highest BCUT2D eigenvalue weighted by molar-refractivity contribution is 6.28. The van der Waals surface area contributed by atoms with E-state index in [1.54, 1.807) is 4.68 Å². The second kappa shape index (κ2) is 7.65. The van der Waals surface area contributed by atoms with E-state index in [4.69, 9.17) is 16.3 Å². The molecule has 0 radical (unpaired) electrons. The Morgan fingerprint density at radius 3 is 2.65 bits per heavy atom. The molecule has 134 valence electrons. The van der Waals surface area contributed by atoms with E-state index in [1.807, 2.05) is 36.5 Å². The van der Waals surface area contributed by atoms with Gasteiger partial charge in [0.05, 0.1) is 12.7 Å². The Morgan fingerprint density at radius 1 is 1.04 bits per heavy atom. The molecule has 3 heterocycles. The van der Waals surface area contributed by atoms with Gasteiger partial charge in [0.2, 0.25) is 11.2 Å². The van der Waals surface area contributed by atoms with Crippen LogP contribution in [0, 0.1) is 0 Å². The maximum absolute atomic E-state index is 6.00. The van der Waals surface area contributed by atoms with Crippen LogP contribution in [0.5, 0.6) is 6.01 Å². The van der Waals surface area contributed by atoms with Crippen molar-refractivity contribution >= 4 is 17.5 Å². The van der Waals surface area contributed by atoms with Crippen LogP contribution in [0.4, 0.5) is 5.95 Å². The van der Waals surface area contributed by atoms with Gasteiger partial charge in [0.25, 0.3) is 0 Å². The SMILES string of the molecule is Clc1nc(OCc2cn(Cc3ccccc3)nn2)nc(N2CCCC2)n1. The third-order valence-electron chi connectivity index (χ3n) is 4.09. The first-order chi connectivity index (χ1) is 12.8. The molecule has 3 aromatic rings. The second-order valence-electron chi connectivity index (χ2n) is 6.06. The van der Waals surface area contributed by atoms with E-state index in [0.717, 1.165) is 31.5 Å². The van der Waals surface area contributed by atoms with Crippen LogP contribution >= 0.6 is 11.6 Å². The van der Waals surface area contributed by atoms with Gasteiger partial charge in [-0.1, -0.05) is 35.5 Å². The van der Waals surface area contributed by atoms with Crippen molar-refractivity contribution in [3.63, 3.8) is 0 Å². The predicted octanol–water partition coefficient (Wildman–Crippen LogP) is 2.34. The molecular formula is C17H18ClN7O. The minimum absolute atomic E-state index is 0.129. The molecule has 0 bridgehead atoms. The number of halogens is 1. The van der Waals surface area contributed by atoms with Crippen molar-refractivity contribution in [2.75, 3.05) is 18.0 Å². The molecule has 0 saturated carbocycles. The summed E-state index contributed by atoms with van der Waals surface area (Å²) in [6.45, 7) is 2.72. The monoisotopic (exact) mass is 371 g/mol. The summed E-state index contributed by atoms with van der Waals surface area (Å²) in [5.41, 5.74) is 1.85. The second-order valence-corrected chi connectivity index (χ2v) is 6.40. The van der Waals surface area contributed by atoms with Gasteiger partial charge in [0, 0.05) is 13.1 Å². The predicted molar refractivity (Wildman–Crippen MR) is 96.2 cm³/mol. The smallest absolute Gasteiger partial charge is 0.322 e. The Labute approximate surface area is 155 Å². The van der Waals surface area contributed by atoms with E-state index in [2.05, 4.69) is 30.2 Å². The fourth-order valence-electron chi connectivity index (χ4n) is 2.84. The molecule has 1 saturated heterocycles. The molecule has 2 aromatic heterocycles. The zero-order chi connectivity index (χ0) is 17.8. The highest BCUT2D eigenvalue weighted by Gasteiger charge is 2.17. The molecule has 4 rings (SSSR count). The zero-order valence-electron chi connectivity index (χ0n) is 14.1. The molecule has 0 spiro atoms. The van der Waals surface area contributed by atoms with E-state index in [1.165, 1.54) is 0 Å². The summed E-state index contributed by atoms with van der Waals surface area (Å²) in [5.74, 6) is 0.560. The fourth-order valence-corrected chi connectivity index (χ4v) is 2.98. The molecule has 9 heteroatoms. The molecule has 1 aliphatic rings. The quantitative estimate of drug-likeness (QED) is 0.657. The Bertz CT molecular complexity index is 865. The van der Waals surface area contributed by atoms with Crippen molar-refractivity contribution in [2.24, 2.45) is 0 Å². The van der Waals surface area contributed by atoms with Gasteiger partial charge < -0.3 is 9.64 Å². The van der Waals surface area contributed by atoms with Gasteiger partial charge in [0.1, 0.15) is 12.3 Å². The number of aromatic nitrogens is 6. The molecule has 26 heavy (non-hydrogen) atoms. The maximum Gasteiger partial charge on any atom is 0.322 e. The summed E-state index contributed by atoms with van der Waals surface area (Å²) in [4.78, 5) is 14.6. The minimum Gasteiger partial charge on any atom is -0.457 e. The first-order valence-electron chi connectivity index (χ1n) is 8.48. The van der Waals surface area contributed by atoms with Gasteiger partial charge in [-0.05, 0) is 30.0 Å². The standard InChI is InChI=1S/C17H18ClN7O/c18-15-19-16(24-8-4-5-9-24)21-17(20-15)26-12-14-11-25(23-22-14)10-13-6-2-1-3-7-13/h1-3,6-7,11H,4-5,8-10,12H2. The molecule has 1 aliphatic heterocycles. The van der Waals surface area contributed by atoms with Gasteiger partial charge in [-0.3, -0.25) is 0 Å². The van der Waals surface area contributed by atoms with Gasteiger partial charge >= 0.3 is 6.01 Å². The van der Waals surface area contributed by atoms with Crippen LogP contribution in [0.2, 0.25) is 5.28 Å². The number of benzene rings is 1. The van der Waals surface area contributed by atoms with Gasteiger partial charge in [-0.2, -0.15) is 15.0 Å². The lowest BCUT2D eigenvalue weighted by Gasteiger charge is -2.15. The Kier molecular flexibility index (Phi) is 4.92. The first kappa shape index (κ1) is 16.7. The molecule has 0 atom stereocenters. The number of ether oxygens (including phenoxy) is 1. The highest BCUT2D eigenvalue weighted by Crippen LogP contribution is 2.19. The highest BCUT2D eigenvalue weighted by atomic mass is 35.5. The fraction of sp³-hybridized carbons (Fsp3) is 0.353. The zero-order valence-corrected chi connectivity index (χ0v) is 14.9. The minimum atomic E-state index is 0.129. The van der Waals surface area contributed by atoms with Gasteiger partial charge in [-0.25, -0.2) is 4.68 Å². The summed E-state index contributed by atoms with van der Waals surface area (Å²) in [7, 11) is 0. The summed E-state index contributed by atoms with van der Waals surface area (Å²) in [5, 5.41) is 8.37. The summed E-state index contributed by atoms with van der Waals surface area (Å²) >= 11 is 6.00. The third kappa shape index (κ3) is 4.08. The van der Waals surface area contributed by atoms with Crippen LogP contribution in [-0.2, 0) is 13.2 Å². The van der Waals surface area contributed by atoms with Crippen molar-refractivity contribution in [3.8, 4) is 6.01 Å². The molecule has 8 nitrogen and oxygen atoms in total. The van der Waals surface area contributed by atoms with Crippen LogP contribution in [0.25, 0.3) is 0 Å². The van der Waals surface area contributed by atoms with Gasteiger partial charge in [0.15, 0.2) is 0 Å². The number of nitrogens with zero attached hydrogens (tertiary/aromatic N) is 7. The summed E-state index contributed by atoms with van der Waals surface area (Å²) in [6.07, 6.45) is 4.10. The Hall–Kier alpha value is -2.74. The molecule has 0 N–H and O–H groups in total. The van der Waals surface area contributed by atoms with Gasteiger partial charge in [-0.15, -0.1) is 5.10 Å². The number of hydrogen-bond donors (Lipinski definition) is 0. The van der Waals surface area contributed by atoms with Crippen LogP contribution in [0.15, 0.2) is 36.5 Å². The topological polar surface area (TPSA) is 81.8 Å². The molecule has 0 amide bonds. The average Bonchev–Trinajstić information content (AvgIpc) is 3.33. The molecule has 1 aromatic carbocycles. The summed E-state index contributed by atoms with van der Waals surface area (Å²) < 4.78 is 7.42. The maximum atomic E-state index is 6.00. The van der Waals surface area contributed by atoms with Crippen LogP contribution < -0.4 is 9.64 Å². The normalized spacial score (nSPS) is 14.0. The van der Waals surface area contributed by atoms with E-state index < -0.39 is 0 Å². The van der Waals surface area contributed by atoms with E-state index in [0.29, 0.717) is 18.2 Å². The molecule has 0 unspecified atom stereocenters. The lowest BCUT2D eigenvalue weighted by atomic mass is 10.2. The Balaban J connectivity index is 1.40.